The minimum atomic E-state index is -0.163. The molecular formula is C19H18ClN3O2. The molecular weight excluding hydrogens is 338 g/mol. The minimum Gasteiger partial charge on any atom is -0.381 e. The van der Waals surface area contributed by atoms with Crippen molar-refractivity contribution >= 4 is 28.3 Å². The van der Waals surface area contributed by atoms with Crippen LogP contribution in [0.15, 0.2) is 47.4 Å². The quantitative estimate of drug-likeness (QED) is 0.749. The molecule has 4 rings (SSSR count). The first-order valence-corrected chi connectivity index (χ1v) is 8.71. The van der Waals surface area contributed by atoms with E-state index in [0.717, 1.165) is 48.3 Å². The second kappa shape index (κ2) is 6.86. The van der Waals surface area contributed by atoms with E-state index >= 15 is 0 Å². The van der Waals surface area contributed by atoms with Crippen molar-refractivity contribution in [2.24, 2.45) is 0 Å². The zero-order valence-electron chi connectivity index (χ0n) is 13.6. The number of nitrogens with one attached hydrogen (secondary N) is 2. The highest BCUT2D eigenvalue weighted by molar-refractivity contribution is 6.33. The van der Waals surface area contributed by atoms with E-state index in [2.05, 4.69) is 15.3 Å². The van der Waals surface area contributed by atoms with Crippen LogP contribution >= 0.6 is 11.6 Å². The maximum absolute atomic E-state index is 12.5. The fourth-order valence-corrected chi connectivity index (χ4v) is 3.35. The molecule has 0 saturated carbocycles. The van der Waals surface area contributed by atoms with Crippen LogP contribution in [0.4, 0.5) is 5.82 Å². The van der Waals surface area contributed by atoms with Crippen LogP contribution < -0.4 is 10.9 Å². The van der Waals surface area contributed by atoms with Crippen molar-refractivity contribution in [2.45, 2.75) is 18.9 Å². The number of nitrogens with zero attached hydrogens (tertiary/aromatic N) is 1. The smallest absolute Gasteiger partial charge is 0.256 e. The van der Waals surface area contributed by atoms with Crippen molar-refractivity contribution in [3.8, 4) is 11.1 Å². The van der Waals surface area contributed by atoms with Gasteiger partial charge in [0.15, 0.2) is 0 Å². The highest BCUT2D eigenvalue weighted by Gasteiger charge is 2.14. The van der Waals surface area contributed by atoms with E-state index < -0.39 is 0 Å². The number of pyridine rings is 2. The molecule has 1 fully saturated rings. The summed E-state index contributed by atoms with van der Waals surface area (Å²) in [5.74, 6) is 0.764. The number of H-pyrrole nitrogens is 1. The second-order valence-corrected chi connectivity index (χ2v) is 6.59. The monoisotopic (exact) mass is 355 g/mol. The summed E-state index contributed by atoms with van der Waals surface area (Å²) < 4.78 is 5.37. The molecule has 6 heteroatoms. The van der Waals surface area contributed by atoms with E-state index in [9.17, 15) is 4.79 Å². The molecule has 1 aliphatic rings. The number of fused-ring (bicyclic) bond motifs is 1. The number of rotatable bonds is 3. The number of halogens is 1. The standard InChI is InChI=1S/C19H18ClN3O2/c20-16-4-2-1-3-14(16)15-9-12-11-21-18(10-17(12)23-19(15)24)22-13-5-7-25-8-6-13/h1-4,9-11,13H,5-8H2,(H,21,22)(H,23,24). The molecule has 0 spiro atoms. The van der Waals surface area contributed by atoms with E-state index in [1.807, 2.05) is 30.3 Å². The van der Waals surface area contributed by atoms with Crippen LogP contribution in [0.3, 0.4) is 0 Å². The SMILES string of the molecule is O=c1[nH]c2cc(NC3CCOCC3)ncc2cc1-c1ccccc1Cl. The molecule has 3 heterocycles. The van der Waals surface area contributed by atoms with Gasteiger partial charge in [-0.2, -0.15) is 0 Å². The van der Waals surface area contributed by atoms with Crippen molar-refractivity contribution in [3.63, 3.8) is 0 Å². The van der Waals surface area contributed by atoms with Gasteiger partial charge in [-0.3, -0.25) is 4.79 Å². The van der Waals surface area contributed by atoms with E-state index in [1.165, 1.54) is 0 Å². The second-order valence-electron chi connectivity index (χ2n) is 6.18. The van der Waals surface area contributed by atoms with E-state index in [4.69, 9.17) is 16.3 Å². The molecule has 0 unspecified atom stereocenters. The van der Waals surface area contributed by atoms with Gasteiger partial charge >= 0.3 is 0 Å². The summed E-state index contributed by atoms with van der Waals surface area (Å²) in [4.78, 5) is 19.9. The first-order chi connectivity index (χ1) is 12.2. The average Bonchev–Trinajstić information content (AvgIpc) is 2.63. The number of hydrogen-bond donors (Lipinski definition) is 2. The van der Waals surface area contributed by atoms with Gasteiger partial charge in [0.05, 0.1) is 5.52 Å². The predicted octanol–water partition coefficient (Wildman–Crippen LogP) is 3.83. The summed E-state index contributed by atoms with van der Waals surface area (Å²) >= 11 is 6.23. The molecule has 2 N–H and O–H groups in total. The Morgan fingerprint density at radius 1 is 1.16 bits per heavy atom. The van der Waals surface area contributed by atoms with Crippen LogP contribution in [0.1, 0.15) is 12.8 Å². The van der Waals surface area contributed by atoms with Crippen LogP contribution in [0.5, 0.6) is 0 Å². The molecule has 128 valence electrons. The Hall–Kier alpha value is -2.37. The number of hydrogen-bond acceptors (Lipinski definition) is 4. The van der Waals surface area contributed by atoms with Gasteiger partial charge in [-0.05, 0) is 25.0 Å². The van der Waals surface area contributed by atoms with Crippen molar-refractivity contribution in [1.29, 1.82) is 0 Å². The lowest BCUT2D eigenvalue weighted by Crippen LogP contribution is -2.28. The Morgan fingerprint density at radius 2 is 1.96 bits per heavy atom. The zero-order chi connectivity index (χ0) is 17.2. The molecule has 0 bridgehead atoms. The number of ether oxygens (including phenoxy) is 1. The Labute approximate surface area is 150 Å². The van der Waals surface area contributed by atoms with Gasteiger partial charge in [-0.25, -0.2) is 4.98 Å². The van der Waals surface area contributed by atoms with Crippen molar-refractivity contribution in [2.75, 3.05) is 18.5 Å². The fourth-order valence-electron chi connectivity index (χ4n) is 3.11. The highest BCUT2D eigenvalue weighted by atomic mass is 35.5. The molecule has 0 radical (unpaired) electrons. The maximum atomic E-state index is 12.5. The predicted molar refractivity (Wildman–Crippen MR) is 100 cm³/mol. The Kier molecular flexibility index (Phi) is 4.42. The molecule has 0 atom stereocenters. The molecule has 1 aliphatic heterocycles. The minimum absolute atomic E-state index is 0.163. The fraction of sp³-hybridized carbons (Fsp3) is 0.263. The summed E-state index contributed by atoms with van der Waals surface area (Å²) in [6.45, 7) is 1.53. The highest BCUT2D eigenvalue weighted by Crippen LogP contribution is 2.27. The summed E-state index contributed by atoms with van der Waals surface area (Å²) in [6.07, 6.45) is 3.69. The van der Waals surface area contributed by atoms with Gasteiger partial charge in [0.1, 0.15) is 5.82 Å². The van der Waals surface area contributed by atoms with Gasteiger partial charge in [-0.15, -0.1) is 0 Å². The lowest BCUT2D eigenvalue weighted by atomic mass is 10.1. The van der Waals surface area contributed by atoms with E-state index in [-0.39, 0.29) is 5.56 Å². The van der Waals surface area contributed by atoms with Crippen LogP contribution in [-0.2, 0) is 4.74 Å². The number of anilines is 1. The number of aromatic amines is 1. The normalized spacial score (nSPS) is 15.4. The summed E-state index contributed by atoms with van der Waals surface area (Å²) in [6, 6.07) is 11.4. The third-order valence-corrected chi connectivity index (χ3v) is 4.79. The third-order valence-electron chi connectivity index (χ3n) is 4.46. The van der Waals surface area contributed by atoms with Crippen LogP contribution in [0.25, 0.3) is 22.0 Å². The number of benzene rings is 1. The Morgan fingerprint density at radius 3 is 2.76 bits per heavy atom. The van der Waals surface area contributed by atoms with Crippen LogP contribution in [0, 0.1) is 0 Å². The van der Waals surface area contributed by atoms with Crippen molar-refractivity contribution < 1.29 is 4.74 Å². The molecule has 1 aromatic carbocycles. The van der Waals surface area contributed by atoms with E-state index in [1.54, 1.807) is 12.3 Å². The topological polar surface area (TPSA) is 67.0 Å². The molecule has 1 saturated heterocycles. The first-order valence-electron chi connectivity index (χ1n) is 8.33. The molecule has 3 aromatic rings. The molecule has 2 aromatic heterocycles. The Bertz CT molecular complexity index is 964. The van der Waals surface area contributed by atoms with Crippen LogP contribution in [-0.4, -0.2) is 29.2 Å². The maximum Gasteiger partial charge on any atom is 0.256 e. The van der Waals surface area contributed by atoms with Gasteiger partial charge in [-0.1, -0.05) is 29.8 Å². The van der Waals surface area contributed by atoms with E-state index in [0.29, 0.717) is 16.6 Å². The lowest BCUT2D eigenvalue weighted by Gasteiger charge is -2.23. The van der Waals surface area contributed by atoms with Gasteiger partial charge < -0.3 is 15.0 Å². The summed E-state index contributed by atoms with van der Waals surface area (Å²) in [5.41, 5.74) is 1.86. The Balaban J connectivity index is 1.69. The van der Waals surface area contributed by atoms with Gasteiger partial charge in [0, 0.05) is 53.1 Å². The van der Waals surface area contributed by atoms with Crippen molar-refractivity contribution in [3.05, 3.63) is 58.0 Å². The summed E-state index contributed by atoms with van der Waals surface area (Å²) in [7, 11) is 0. The molecule has 5 nitrogen and oxygen atoms in total. The first kappa shape index (κ1) is 16.1. The van der Waals surface area contributed by atoms with Crippen molar-refractivity contribution in [1.82, 2.24) is 9.97 Å². The number of aromatic nitrogens is 2. The molecule has 0 amide bonds. The molecule has 25 heavy (non-hydrogen) atoms. The van der Waals surface area contributed by atoms with Gasteiger partial charge in [0.25, 0.3) is 5.56 Å². The largest absolute Gasteiger partial charge is 0.381 e. The molecule has 0 aliphatic carbocycles. The lowest BCUT2D eigenvalue weighted by molar-refractivity contribution is 0.0904. The summed E-state index contributed by atoms with van der Waals surface area (Å²) in [5, 5.41) is 4.84. The average molecular weight is 356 g/mol. The van der Waals surface area contributed by atoms with Gasteiger partial charge in [0.2, 0.25) is 0 Å². The zero-order valence-corrected chi connectivity index (χ0v) is 14.3. The van der Waals surface area contributed by atoms with Crippen LogP contribution in [0.2, 0.25) is 5.02 Å². The third kappa shape index (κ3) is 3.38.